The maximum atomic E-state index is 12.1. The number of aryl methyl sites for hydroxylation is 1. The molecule has 1 aliphatic rings. The zero-order valence-corrected chi connectivity index (χ0v) is 13.6. The Bertz CT molecular complexity index is 883. The Balaban J connectivity index is 1.38. The molecule has 0 radical (unpaired) electrons. The van der Waals surface area contributed by atoms with E-state index in [2.05, 4.69) is 35.4 Å². The van der Waals surface area contributed by atoms with Gasteiger partial charge in [-0.25, -0.2) is 0 Å². The van der Waals surface area contributed by atoms with Crippen molar-refractivity contribution in [1.29, 1.82) is 0 Å². The van der Waals surface area contributed by atoms with Gasteiger partial charge in [-0.05, 0) is 43.2 Å². The molecule has 4 heteroatoms. The van der Waals surface area contributed by atoms with E-state index in [1.807, 2.05) is 30.3 Å². The highest BCUT2D eigenvalue weighted by Crippen LogP contribution is 2.30. The number of ether oxygens (including phenoxy) is 1. The topological polar surface area (TPSA) is 54.1 Å². The molecule has 1 unspecified atom stereocenters. The van der Waals surface area contributed by atoms with E-state index in [0.717, 1.165) is 12.8 Å². The second-order valence-electron chi connectivity index (χ2n) is 6.41. The van der Waals surface area contributed by atoms with Crippen molar-refractivity contribution in [2.24, 2.45) is 0 Å². The van der Waals surface area contributed by atoms with Gasteiger partial charge in [-0.3, -0.25) is 4.79 Å². The van der Waals surface area contributed by atoms with Gasteiger partial charge in [-0.2, -0.15) is 0 Å². The van der Waals surface area contributed by atoms with Crippen LogP contribution in [0.5, 0.6) is 5.75 Å². The van der Waals surface area contributed by atoms with Crippen LogP contribution in [0, 0.1) is 6.92 Å². The highest BCUT2D eigenvalue weighted by atomic mass is 16.5. The van der Waals surface area contributed by atoms with Crippen LogP contribution in [0.15, 0.2) is 48.5 Å². The monoisotopic (exact) mass is 320 g/mol. The molecular formula is C20H20N2O2. The fraction of sp³-hybridized carbons (Fsp3) is 0.250. The fourth-order valence-corrected chi connectivity index (χ4v) is 3.43. The quantitative estimate of drug-likeness (QED) is 0.776. The van der Waals surface area contributed by atoms with E-state index in [1.54, 1.807) is 0 Å². The molecule has 0 bridgehead atoms. The van der Waals surface area contributed by atoms with Gasteiger partial charge >= 0.3 is 0 Å². The first kappa shape index (κ1) is 14.8. The van der Waals surface area contributed by atoms with Crippen LogP contribution in [0.2, 0.25) is 0 Å². The van der Waals surface area contributed by atoms with Crippen LogP contribution < -0.4 is 10.1 Å². The van der Waals surface area contributed by atoms with Crippen molar-refractivity contribution in [3.8, 4) is 5.75 Å². The van der Waals surface area contributed by atoms with Gasteiger partial charge in [-0.15, -0.1) is 0 Å². The minimum Gasteiger partial charge on any atom is -0.484 e. The summed E-state index contributed by atoms with van der Waals surface area (Å²) in [5, 5.41) is 4.36. The number of para-hydroxylation sites is 1. The third-order valence-electron chi connectivity index (χ3n) is 4.53. The average Bonchev–Trinajstić information content (AvgIpc) is 3.11. The van der Waals surface area contributed by atoms with Crippen LogP contribution in [0.4, 0.5) is 0 Å². The zero-order chi connectivity index (χ0) is 16.5. The lowest BCUT2D eigenvalue weighted by Crippen LogP contribution is -2.38. The lowest BCUT2D eigenvalue weighted by molar-refractivity contribution is -0.123. The molecule has 1 aliphatic carbocycles. The SMILES string of the molecule is Cc1ccc2[nH]c3c(c2c1)CC(NC(=O)COc1ccccc1)C3. The van der Waals surface area contributed by atoms with Crippen molar-refractivity contribution in [3.05, 3.63) is 65.4 Å². The van der Waals surface area contributed by atoms with Crippen molar-refractivity contribution in [2.45, 2.75) is 25.8 Å². The molecule has 0 saturated carbocycles. The van der Waals surface area contributed by atoms with Crippen LogP contribution in [-0.2, 0) is 17.6 Å². The Morgan fingerprint density at radius 2 is 2.04 bits per heavy atom. The summed E-state index contributed by atoms with van der Waals surface area (Å²) in [7, 11) is 0. The van der Waals surface area contributed by atoms with E-state index in [0.29, 0.717) is 5.75 Å². The molecule has 1 atom stereocenters. The summed E-state index contributed by atoms with van der Waals surface area (Å²) in [5.74, 6) is 0.639. The van der Waals surface area contributed by atoms with Crippen LogP contribution in [-0.4, -0.2) is 23.5 Å². The van der Waals surface area contributed by atoms with Crippen molar-refractivity contribution in [2.75, 3.05) is 6.61 Å². The lowest BCUT2D eigenvalue weighted by Gasteiger charge is -2.13. The number of rotatable bonds is 4. The summed E-state index contributed by atoms with van der Waals surface area (Å²) in [6.07, 6.45) is 1.72. The minimum atomic E-state index is -0.0745. The molecule has 2 aromatic carbocycles. The molecular weight excluding hydrogens is 300 g/mol. The molecule has 0 aliphatic heterocycles. The number of H-pyrrole nitrogens is 1. The molecule has 0 saturated heterocycles. The number of hydrogen-bond acceptors (Lipinski definition) is 2. The van der Waals surface area contributed by atoms with Gasteiger partial charge in [0.05, 0.1) is 0 Å². The van der Waals surface area contributed by atoms with Crippen LogP contribution >= 0.6 is 0 Å². The van der Waals surface area contributed by atoms with Crippen LogP contribution in [0.3, 0.4) is 0 Å². The molecule has 0 fully saturated rings. The smallest absolute Gasteiger partial charge is 0.258 e. The van der Waals surface area contributed by atoms with E-state index < -0.39 is 0 Å². The number of benzene rings is 2. The Labute approximate surface area is 140 Å². The summed E-state index contributed by atoms with van der Waals surface area (Å²) in [6, 6.07) is 16.0. The third kappa shape index (κ3) is 2.87. The number of aromatic amines is 1. The number of carbonyl (C=O) groups excluding carboxylic acids is 1. The standard InChI is InChI=1S/C20H20N2O2/c1-13-7-8-18-16(9-13)17-10-14(11-19(17)22-18)21-20(23)12-24-15-5-3-2-4-6-15/h2-9,14,22H,10-12H2,1H3,(H,21,23). The van der Waals surface area contributed by atoms with Crippen molar-refractivity contribution >= 4 is 16.8 Å². The number of hydrogen-bond donors (Lipinski definition) is 2. The first-order chi connectivity index (χ1) is 11.7. The number of carbonyl (C=O) groups is 1. The molecule has 0 spiro atoms. The molecule has 1 heterocycles. The van der Waals surface area contributed by atoms with Crippen molar-refractivity contribution in [3.63, 3.8) is 0 Å². The number of fused-ring (bicyclic) bond motifs is 3. The first-order valence-electron chi connectivity index (χ1n) is 8.26. The van der Waals surface area contributed by atoms with Gasteiger partial charge in [0.2, 0.25) is 0 Å². The minimum absolute atomic E-state index is 0.0499. The third-order valence-corrected chi connectivity index (χ3v) is 4.53. The average molecular weight is 320 g/mol. The van der Waals surface area contributed by atoms with E-state index >= 15 is 0 Å². The maximum Gasteiger partial charge on any atom is 0.258 e. The van der Waals surface area contributed by atoms with Crippen LogP contribution in [0.1, 0.15) is 16.8 Å². The first-order valence-corrected chi connectivity index (χ1v) is 8.26. The molecule has 4 nitrogen and oxygen atoms in total. The second kappa shape index (κ2) is 6.04. The summed E-state index contributed by atoms with van der Waals surface area (Å²) in [6.45, 7) is 2.16. The molecule has 2 N–H and O–H groups in total. The second-order valence-corrected chi connectivity index (χ2v) is 6.41. The largest absolute Gasteiger partial charge is 0.484 e. The van der Waals surface area contributed by atoms with Gasteiger partial charge < -0.3 is 15.0 Å². The Morgan fingerprint density at radius 3 is 2.88 bits per heavy atom. The predicted molar refractivity (Wildman–Crippen MR) is 94.3 cm³/mol. The predicted octanol–water partition coefficient (Wildman–Crippen LogP) is 3.14. The molecule has 1 aromatic heterocycles. The van der Waals surface area contributed by atoms with E-state index in [4.69, 9.17) is 4.74 Å². The molecule has 3 aromatic rings. The number of amides is 1. The molecule has 122 valence electrons. The molecule has 4 rings (SSSR count). The highest BCUT2D eigenvalue weighted by Gasteiger charge is 2.26. The van der Waals surface area contributed by atoms with Gasteiger partial charge in [0.1, 0.15) is 5.75 Å². The lowest BCUT2D eigenvalue weighted by atomic mass is 10.1. The van der Waals surface area contributed by atoms with E-state index in [-0.39, 0.29) is 18.6 Å². The molecule has 1 amide bonds. The maximum absolute atomic E-state index is 12.1. The van der Waals surface area contributed by atoms with E-state index in [9.17, 15) is 4.79 Å². The molecule has 24 heavy (non-hydrogen) atoms. The summed E-state index contributed by atoms with van der Waals surface area (Å²) >= 11 is 0. The van der Waals surface area contributed by atoms with Gasteiger partial charge in [0.15, 0.2) is 6.61 Å². The van der Waals surface area contributed by atoms with Gasteiger partial charge in [0.25, 0.3) is 5.91 Å². The fourth-order valence-electron chi connectivity index (χ4n) is 3.43. The Morgan fingerprint density at radius 1 is 1.21 bits per heavy atom. The Kier molecular flexibility index (Phi) is 3.73. The van der Waals surface area contributed by atoms with Crippen LogP contribution in [0.25, 0.3) is 10.9 Å². The summed E-state index contributed by atoms with van der Waals surface area (Å²) in [5.41, 5.74) is 5.02. The highest BCUT2D eigenvalue weighted by molar-refractivity contribution is 5.86. The normalized spacial score (nSPS) is 16.1. The van der Waals surface area contributed by atoms with Gasteiger partial charge in [0, 0.05) is 29.1 Å². The van der Waals surface area contributed by atoms with Gasteiger partial charge in [-0.1, -0.05) is 29.8 Å². The number of aromatic nitrogens is 1. The van der Waals surface area contributed by atoms with Crippen molar-refractivity contribution < 1.29 is 9.53 Å². The Hall–Kier alpha value is -2.75. The summed E-state index contributed by atoms with van der Waals surface area (Å²) < 4.78 is 5.50. The van der Waals surface area contributed by atoms with Crippen molar-refractivity contribution in [1.82, 2.24) is 10.3 Å². The van der Waals surface area contributed by atoms with E-state index in [1.165, 1.54) is 27.7 Å². The zero-order valence-electron chi connectivity index (χ0n) is 13.6. The number of nitrogens with one attached hydrogen (secondary N) is 2. The summed E-state index contributed by atoms with van der Waals surface area (Å²) in [4.78, 5) is 15.6.